The van der Waals surface area contributed by atoms with Gasteiger partial charge in [-0.05, 0) is 6.92 Å². The van der Waals surface area contributed by atoms with Gasteiger partial charge in [0.1, 0.15) is 0 Å². The van der Waals surface area contributed by atoms with Gasteiger partial charge in [0.2, 0.25) is 5.91 Å². The van der Waals surface area contributed by atoms with Gasteiger partial charge in [0.15, 0.2) is 0 Å². The van der Waals surface area contributed by atoms with Gasteiger partial charge in [-0.3, -0.25) is 4.79 Å². The third-order valence-corrected chi connectivity index (χ3v) is 4.95. The van der Waals surface area contributed by atoms with Crippen LogP contribution < -0.4 is 0 Å². The zero-order valence-corrected chi connectivity index (χ0v) is 13.2. The van der Waals surface area contributed by atoms with Crippen LogP contribution in [0.5, 0.6) is 0 Å². The van der Waals surface area contributed by atoms with Crippen LogP contribution in [-0.2, 0) is 15.3 Å². The predicted octanol–water partition coefficient (Wildman–Crippen LogP) is 1.29. The fraction of sp³-hybridized carbons (Fsp3) is 0.692. The molecule has 0 bridgehead atoms. The summed E-state index contributed by atoms with van der Waals surface area (Å²) in [4.78, 5) is 18.3. The van der Waals surface area contributed by atoms with E-state index in [0.717, 1.165) is 22.2 Å². The largest absolute Gasteiger partial charge is 0.394 e. The standard InChI is InChI=1S/C13H20N2O3S2/c1-10-14-11(9-20-10)8-19-5-2-13(17)15-3-4-18-7-12(15)6-16/h9,12,16H,2-8H2,1H3. The Hall–Kier alpha value is -0.630. The minimum Gasteiger partial charge on any atom is -0.394 e. The summed E-state index contributed by atoms with van der Waals surface area (Å²) >= 11 is 3.38. The normalized spacial score (nSPS) is 19.3. The number of morpholine rings is 1. The van der Waals surface area contributed by atoms with Gasteiger partial charge in [-0.2, -0.15) is 11.8 Å². The van der Waals surface area contributed by atoms with E-state index in [9.17, 15) is 9.90 Å². The minimum atomic E-state index is -0.178. The number of aliphatic hydroxyl groups is 1. The van der Waals surface area contributed by atoms with Crippen LogP contribution in [0.4, 0.5) is 0 Å². The van der Waals surface area contributed by atoms with Crippen LogP contribution in [0, 0.1) is 6.92 Å². The van der Waals surface area contributed by atoms with Crippen LogP contribution >= 0.6 is 23.1 Å². The van der Waals surface area contributed by atoms with Crippen molar-refractivity contribution in [1.29, 1.82) is 0 Å². The summed E-state index contributed by atoms with van der Waals surface area (Å²) in [5.74, 6) is 1.74. The molecule has 1 N–H and O–H groups in total. The molecule has 1 fully saturated rings. The lowest BCUT2D eigenvalue weighted by atomic mass is 10.2. The Balaban J connectivity index is 1.69. The van der Waals surface area contributed by atoms with E-state index in [1.54, 1.807) is 28.0 Å². The summed E-state index contributed by atoms with van der Waals surface area (Å²) < 4.78 is 5.27. The molecule has 0 radical (unpaired) electrons. The Bertz CT molecular complexity index is 439. The second kappa shape index (κ2) is 7.97. The molecule has 0 spiro atoms. The monoisotopic (exact) mass is 316 g/mol. The van der Waals surface area contributed by atoms with Gasteiger partial charge in [0.05, 0.1) is 36.6 Å². The average molecular weight is 316 g/mol. The number of aryl methyl sites for hydroxylation is 1. The van der Waals surface area contributed by atoms with E-state index in [1.165, 1.54) is 0 Å². The number of carbonyl (C=O) groups is 1. The molecule has 7 heteroatoms. The van der Waals surface area contributed by atoms with Crippen molar-refractivity contribution in [3.8, 4) is 0 Å². The van der Waals surface area contributed by atoms with Crippen LogP contribution in [0.2, 0.25) is 0 Å². The zero-order valence-electron chi connectivity index (χ0n) is 11.6. The predicted molar refractivity (Wildman–Crippen MR) is 81.0 cm³/mol. The molecule has 1 aromatic heterocycles. The Kier molecular flexibility index (Phi) is 6.28. The molecule has 0 saturated carbocycles. The van der Waals surface area contributed by atoms with Crippen LogP contribution in [0.3, 0.4) is 0 Å². The van der Waals surface area contributed by atoms with Crippen LogP contribution in [-0.4, -0.2) is 59.1 Å². The third-order valence-electron chi connectivity index (χ3n) is 3.14. The van der Waals surface area contributed by atoms with Crippen LogP contribution in [0.1, 0.15) is 17.1 Å². The summed E-state index contributed by atoms with van der Waals surface area (Å²) in [5.41, 5.74) is 1.09. The maximum absolute atomic E-state index is 12.1. The van der Waals surface area contributed by atoms with E-state index in [1.807, 2.05) is 6.92 Å². The van der Waals surface area contributed by atoms with E-state index in [0.29, 0.717) is 26.2 Å². The first-order valence-electron chi connectivity index (χ1n) is 6.67. The zero-order chi connectivity index (χ0) is 14.4. The van der Waals surface area contributed by atoms with Crippen molar-refractivity contribution in [1.82, 2.24) is 9.88 Å². The van der Waals surface area contributed by atoms with Gasteiger partial charge >= 0.3 is 0 Å². The van der Waals surface area contributed by atoms with Crippen molar-refractivity contribution in [3.63, 3.8) is 0 Å². The molecule has 5 nitrogen and oxygen atoms in total. The summed E-state index contributed by atoms with van der Waals surface area (Å²) in [6, 6.07) is -0.178. The highest BCUT2D eigenvalue weighted by atomic mass is 32.2. The summed E-state index contributed by atoms with van der Waals surface area (Å²) in [6.07, 6.45) is 0.504. The maximum Gasteiger partial charge on any atom is 0.223 e. The number of thiazole rings is 1. The molecular weight excluding hydrogens is 296 g/mol. The van der Waals surface area contributed by atoms with Crippen LogP contribution in [0.25, 0.3) is 0 Å². The Labute approximate surface area is 127 Å². The smallest absolute Gasteiger partial charge is 0.223 e. The van der Waals surface area contributed by atoms with Crippen molar-refractivity contribution in [2.75, 3.05) is 32.1 Å². The fourth-order valence-electron chi connectivity index (χ4n) is 2.09. The summed E-state index contributed by atoms with van der Waals surface area (Å²) in [7, 11) is 0. The molecule has 1 atom stereocenters. The lowest BCUT2D eigenvalue weighted by Crippen LogP contribution is -2.50. The highest BCUT2D eigenvalue weighted by molar-refractivity contribution is 7.98. The number of hydrogen-bond donors (Lipinski definition) is 1. The number of aliphatic hydroxyl groups excluding tert-OH is 1. The number of aromatic nitrogens is 1. The van der Waals surface area contributed by atoms with Crippen LogP contribution in [0.15, 0.2) is 5.38 Å². The number of rotatable bonds is 6. The number of carbonyl (C=O) groups excluding carboxylic acids is 1. The molecule has 112 valence electrons. The molecule has 1 aliphatic heterocycles. The second-order valence-electron chi connectivity index (χ2n) is 4.66. The van der Waals surface area contributed by atoms with Gasteiger partial charge in [-0.15, -0.1) is 11.3 Å². The molecule has 20 heavy (non-hydrogen) atoms. The van der Waals surface area contributed by atoms with E-state index in [-0.39, 0.29) is 18.6 Å². The van der Waals surface area contributed by atoms with Crippen molar-refractivity contribution in [2.45, 2.75) is 25.1 Å². The second-order valence-corrected chi connectivity index (χ2v) is 6.83. The van der Waals surface area contributed by atoms with Crippen molar-refractivity contribution in [2.24, 2.45) is 0 Å². The van der Waals surface area contributed by atoms with Gasteiger partial charge in [-0.1, -0.05) is 0 Å². The highest BCUT2D eigenvalue weighted by Gasteiger charge is 2.26. The molecule has 2 heterocycles. The lowest BCUT2D eigenvalue weighted by Gasteiger charge is -2.34. The molecule has 2 rings (SSSR count). The van der Waals surface area contributed by atoms with Gasteiger partial charge in [0.25, 0.3) is 0 Å². The van der Waals surface area contributed by atoms with Gasteiger partial charge in [-0.25, -0.2) is 4.98 Å². The fourth-order valence-corrected chi connectivity index (χ4v) is 3.63. The topological polar surface area (TPSA) is 62.7 Å². The molecule has 1 aromatic rings. The van der Waals surface area contributed by atoms with E-state index >= 15 is 0 Å². The van der Waals surface area contributed by atoms with E-state index in [4.69, 9.17) is 4.74 Å². The number of hydrogen-bond acceptors (Lipinski definition) is 6. The first-order valence-corrected chi connectivity index (χ1v) is 8.71. The first-order chi connectivity index (χ1) is 9.70. The molecule has 0 aliphatic carbocycles. The molecule has 0 aromatic carbocycles. The quantitative estimate of drug-likeness (QED) is 0.802. The molecule has 1 amide bonds. The SMILES string of the molecule is Cc1nc(CSCCC(=O)N2CCOCC2CO)cs1. The Morgan fingerprint density at radius 2 is 2.55 bits per heavy atom. The van der Waals surface area contributed by atoms with Crippen molar-refractivity contribution < 1.29 is 14.6 Å². The maximum atomic E-state index is 12.1. The van der Waals surface area contributed by atoms with Gasteiger partial charge < -0.3 is 14.7 Å². The van der Waals surface area contributed by atoms with E-state index in [2.05, 4.69) is 10.4 Å². The minimum absolute atomic E-state index is 0.0308. The molecular formula is C13H20N2O3S2. The lowest BCUT2D eigenvalue weighted by molar-refractivity contribution is -0.141. The molecule has 1 aliphatic rings. The highest BCUT2D eigenvalue weighted by Crippen LogP contribution is 2.17. The molecule has 1 saturated heterocycles. The summed E-state index contributed by atoms with van der Waals surface area (Å²) in [6.45, 7) is 3.55. The van der Waals surface area contributed by atoms with Crippen molar-refractivity contribution in [3.05, 3.63) is 16.1 Å². The average Bonchev–Trinajstić information content (AvgIpc) is 2.89. The number of amides is 1. The van der Waals surface area contributed by atoms with Gasteiger partial charge in [0, 0.05) is 29.9 Å². The van der Waals surface area contributed by atoms with Crippen molar-refractivity contribution >= 4 is 29.0 Å². The number of ether oxygens (including phenoxy) is 1. The Morgan fingerprint density at radius 1 is 1.70 bits per heavy atom. The number of thioether (sulfide) groups is 1. The molecule has 1 unspecified atom stereocenters. The van der Waals surface area contributed by atoms with E-state index < -0.39 is 0 Å². The summed E-state index contributed by atoms with van der Waals surface area (Å²) in [5, 5.41) is 12.4. The Morgan fingerprint density at radius 3 is 3.25 bits per heavy atom. The first kappa shape index (κ1) is 15.8. The number of nitrogens with zero attached hydrogens (tertiary/aromatic N) is 2. The third kappa shape index (κ3) is 4.44.